The number of aryl methyl sites for hydroxylation is 1. The lowest BCUT2D eigenvalue weighted by Crippen LogP contribution is -2.08. The summed E-state index contributed by atoms with van der Waals surface area (Å²) in [7, 11) is 0. The molecule has 3 rings (SSSR count). The molecule has 0 spiro atoms. The molecule has 0 saturated heterocycles. The van der Waals surface area contributed by atoms with E-state index in [1.54, 1.807) is 25.1 Å². The summed E-state index contributed by atoms with van der Waals surface area (Å²) in [6.07, 6.45) is 0. The number of nitrogens with zero attached hydrogens (tertiary/aromatic N) is 1. The Balaban J connectivity index is 1.93. The van der Waals surface area contributed by atoms with Gasteiger partial charge in [-0.05, 0) is 31.5 Å². The lowest BCUT2D eigenvalue weighted by molar-refractivity contribution is 0.0529. The van der Waals surface area contributed by atoms with Crippen molar-refractivity contribution in [3.8, 4) is 11.8 Å². The van der Waals surface area contributed by atoms with Crippen molar-refractivity contribution in [2.24, 2.45) is 0 Å². The monoisotopic (exact) mass is 384 g/mol. The number of fused-ring (bicyclic) bond motifs is 1. The van der Waals surface area contributed by atoms with Crippen LogP contribution in [-0.4, -0.2) is 12.6 Å². The zero-order chi connectivity index (χ0) is 19.6. The fraction of sp³-hybridized carbons (Fsp3) is 0.211. The van der Waals surface area contributed by atoms with E-state index >= 15 is 0 Å². The topological polar surface area (TPSA) is 116 Å². The fourth-order valence-electron chi connectivity index (χ4n) is 2.66. The minimum atomic E-state index is -0.547. The second-order valence-electron chi connectivity index (χ2n) is 5.68. The van der Waals surface area contributed by atoms with Crippen LogP contribution in [0.3, 0.4) is 0 Å². The molecule has 0 amide bonds. The van der Waals surface area contributed by atoms with Gasteiger partial charge in [0.1, 0.15) is 33.9 Å². The number of hydrogen-bond donors (Lipinski definition) is 1. The highest BCUT2D eigenvalue weighted by molar-refractivity contribution is 7.18. The Morgan fingerprint density at radius 3 is 2.85 bits per heavy atom. The van der Waals surface area contributed by atoms with Gasteiger partial charge in [0, 0.05) is 23.1 Å². The van der Waals surface area contributed by atoms with Crippen LogP contribution < -0.4 is 16.1 Å². The molecule has 27 heavy (non-hydrogen) atoms. The Morgan fingerprint density at radius 2 is 2.15 bits per heavy atom. The first kappa shape index (κ1) is 18.5. The number of nitrogens with two attached hydrogens (primary N) is 1. The van der Waals surface area contributed by atoms with Crippen molar-refractivity contribution in [3.05, 3.63) is 56.3 Å². The van der Waals surface area contributed by atoms with Gasteiger partial charge >= 0.3 is 11.6 Å². The van der Waals surface area contributed by atoms with Crippen LogP contribution >= 0.6 is 11.3 Å². The van der Waals surface area contributed by atoms with E-state index in [-0.39, 0.29) is 28.7 Å². The summed E-state index contributed by atoms with van der Waals surface area (Å²) in [5.74, 6) is -0.117. The highest BCUT2D eigenvalue weighted by Gasteiger charge is 2.23. The molecule has 0 radical (unpaired) electrons. The number of hydrogen-bond acceptors (Lipinski definition) is 8. The lowest BCUT2D eigenvalue weighted by atomic mass is 10.1. The van der Waals surface area contributed by atoms with Crippen LogP contribution in [0.2, 0.25) is 0 Å². The first-order chi connectivity index (χ1) is 12.9. The first-order valence-corrected chi connectivity index (χ1v) is 8.92. The van der Waals surface area contributed by atoms with Crippen LogP contribution in [0.25, 0.3) is 11.0 Å². The molecule has 3 aromatic rings. The van der Waals surface area contributed by atoms with E-state index in [1.807, 2.05) is 13.0 Å². The molecule has 2 aromatic heterocycles. The number of ether oxygens (including phenoxy) is 2. The van der Waals surface area contributed by atoms with Crippen molar-refractivity contribution in [1.29, 1.82) is 5.26 Å². The Labute approximate surface area is 158 Å². The molecular formula is C19H16N2O5S. The van der Waals surface area contributed by atoms with E-state index in [4.69, 9.17) is 19.6 Å². The maximum atomic E-state index is 12.1. The van der Waals surface area contributed by atoms with Crippen molar-refractivity contribution in [3.63, 3.8) is 0 Å². The molecule has 2 heterocycles. The molecule has 7 nitrogen and oxygen atoms in total. The molecule has 8 heteroatoms. The molecule has 138 valence electrons. The van der Waals surface area contributed by atoms with Gasteiger partial charge in [0.25, 0.3) is 0 Å². The van der Waals surface area contributed by atoms with E-state index in [0.717, 1.165) is 22.3 Å². The van der Waals surface area contributed by atoms with Crippen LogP contribution in [0.1, 0.15) is 33.3 Å². The second-order valence-corrected chi connectivity index (χ2v) is 6.73. The predicted molar refractivity (Wildman–Crippen MR) is 101 cm³/mol. The number of carbonyl (C=O) groups is 1. The third kappa shape index (κ3) is 3.64. The van der Waals surface area contributed by atoms with Gasteiger partial charge in [-0.1, -0.05) is 0 Å². The SMILES string of the molecule is CCOC(=O)c1sc(N)c(C#N)c1COc1ccc2c(C)cc(=O)oc2c1. The minimum absolute atomic E-state index is 0.0493. The van der Waals surface area contributed by atoms with Gasteiger partial charge in [-0.3, -0.25) is 0 Å². The maximum Gasteiger partial charge on any atom is 0.348 e. The Morgan fingerprint density at radius 1 is 1.37 bits per heavy atom. The highest BCUT2D eigenvalue weighted by Crippen LogP contribution is 2.32. The largest absolute Gasteiger partial charge is 0.489 e. The maximum absolute atomic E-state index is 12.1. The smallest absolute Gasteiger partial charge is 0.348 e. The number of benzene rings is 1. The van der Waals surface area contributed by atoms with Crippen LogP contribution in [0.5, 0.6) is 5.75 Å². The number of nitrogen functional groups attached to an aromatic ring is 1. The number of carbonyl (C=O) groups excluding carboxylic acids is 1. The zero-order valence-electron chi connectivity index (χ0n) is 14.7. The standard InChI is InChI=1S/C19H16N2O5S/c1-3-24-19(23)17-14(13(8-20)18(21)27-17)9-25-11-4-5-12-10(2)6-16(22)26-15(12)7-11/h4-7H,3,9,21H2,1-2H3. The molecule has 0 aliphatic carbocycles. The summed E-state index contributed by atoms with van der Waals surface area (Å²) in [5, 5.41) is 10.4. The Kier molecular flexibility index (Phi) is 5.14. The molecule has 0 aliphatic heterocycles. The fourth-order valence-corrected chi connectivity index (χ4v) is 3.57. The summed E-state index contributed by atoms with van der Waals surface area (Å²) in [6.45, 7) is 3.67. The van der Waals surface area contributed by atoms with Gasteiger partial charge in [0.05, 0.1) is 12.2 Å². The molecule has 0 aliphatic rings. The van der Waals surface area contributed by atoms with Gasteiger partial charge < -0.3 is 19.6 Å². The number of nitriles is 1. The zero-order valence-corrected chi connectivity index (χ0v) is 15.5. The van der Waals surface area contributed by atoms with Crippen molar-refractivity contribution < 1.29 is 18.7 Å². The number of rotatable bonds is 5. The third-order valence-electron chi connectivity index (χ3n) is 3.91. The third-order valence-corrected chi connectivity index (χ3v) is 4.95. The summed E-state index contributed by atoms with van der Waals surface area (Å²) >= 11 is 0.996. The van der Waals surface area contributed by atoms with Crippen molar-refractivity contribution in [1.82, 2.24) is 0 Å². The van der Waals surface area contributed by atoms with Gasteiger partial charge in [-0.2, -0.15) is 5.26 Å². The quantitative estimate of drug-likeness (QED) is 0.529. The number of thiophene rings is 1. The predicted octanol–water partition coefficient (Wildman–Crippen LogP) is 3.37. The Hall–Kier alpha value is -3.31. The summed E-state index contributed by atoms with van der Waals surface area (Å²) in [4.78, 5) is 23.9. The minimum Gasteiger partial charge on any atom is -0.489 e. The lowest BCUT2D eigenvalue weighted by Gasteiger charge is -2.09. The van der Waals surface area contributed by atoms with Gasteiger partial charge in [0.2, 0.25) is 0 Å². The van der Waals surface area contributed by atoms with E-state index in [2.05, 4.69) is 0 Å². The van der Waals surface area contributed by atoms with Gasteiger partial charge in [-0.25, -0.2) is 9.59 Å². The molecule has 0 unspecified atom stereocenters. The average molecular weight is 384 g/mol. The van der Waals surface area contributed by atoms with Crippen LogP contribution in [0.4, 0.5) is 5.00 Å². The molecule has 0 saturated carbocycles. The van der Waals surface area contributed by atoms with Crippen molar-refractivity contribution in [2.45, 2.75) is 20.5 Å². The normalized spacial score (nSPS) is 10.6. The molecule has 0 atom stereocenters. The van der Waals surface area contributed by atoms with Crippen LogP contribution in [-0.2, 0) is 11.3 Å². The van der Waals surface area contributed by atoms with Crippen LogP contribution in [0, 0.1) is 18.3 Å². The Bertz CT molecular complexity index is 1120. The molecule has 0 bridgehead atoms. The summed E-state index contributed by atoms with van der Waals surface area (Å²) < 4.78 is 16.0. The van der Waals surface area contributed by atoms with Crippen molar-refractivity contribution >= 4 is 33.3 Å². The molecule has 1 aromatic carbocycles. The summed E-state index contributed by atoms with van der Waals surface area (Å²) in [6, 6.07) is 8.51. The van der Waals surface area contributed by atoms with Crippen LogP contribution in [0.15, 0.2) is 33.5 Å². The van der Waals surface area contributed by atoms with E-state index in [1.165, 1.54) is 6.07 Å². The highest BCUT2D eigenvalue weighted by atomic mass is 32.1. The molecule has 2 N–H and O–H groups in total. The van der Waals surface area contributed by atoms with E-state index in [0.29, 0.717) is 16.9 Å². The van der Waals surface area contributed by atoms with Gasteiger partial charge in [0.15, 0.2) is 0 Å². The average Bonchev–Trinajstić information content (AvgIpc) is 2.95. The summed E-state index contributed by atoms with van der Waals surface area (Å²) in [5.41, 5.74) is 7.18. The number of anilines is 1. The number of esters is 1. The van der Waals surface area contributed by atoms with E-state index in [9.17, 15) is 14.9 Å². The van der Waals surface area contributed by atoms with Gasteiger partial charge in [-0.15, -0.1) is 11.3 Å². The molecular weight excluding hydrogens is 368 g/mol. The van der Waals surface area contributed by atoms with E-state index < -0.39 is 11.6 Å². The first-order valence-electron chi connectivity index (χ1n) is 8.10. The second kappa shape index (κ2) is 7.51. The molecule has 0 fully saturated rings. The van der Waals surface area contributed by atoms with Crippen molar-refractivity contribution in [2.75, 3.05) is 12.3 Å².